The molecule has 0 atom stereocenters. The average molecular weight is 304 g/mol. The predicted molar refractivity (Wildman–Crippen MR) is 79.5 cm³/mol. The number of phenolic OH excluding ortho intramolecular Hbond substituents is 1. The number of nitrogens with two attached hydrogens (primary N) is 1. The molecular formula is C15H13FN2O2S. The summed E-state index contributed by atoms with van der Waals surface area (Å²) in [5.41, 5.74) is 6.17. The zero-order valence-electron chi connectivity index (χ0n) is 11.0. The molecule has 0 spiro atoms. The van der Waals surface area contributed by atoms with Crippen molar-refractivity contribution < 1.29 is 14.3 Å². The van der Waals surface area contributed by atoms with Crippen molar-refractivity contribution in [3.05, 3.63) is 51.5 Å². The third kappa shape index (κ3) is 3.81. The molecule has 4 nitrogen and oxygen atoms in total. The Bertz CT molecular complexity index is 716. The SMILES string of the molecule is NCC#Cc1ccsc1CNC(=O)c1ccc(F)cc1O. The summed E-state index contributed by atoms with van der Waals surface area (Å²) in [4.78, 5) is 12.8. The molecule has 2 aromatic rings. The van der Waals surface area contributed by atoms with Gasteiger partial charge in [-0.1, -0.05) is 11.8 Å². The molecule has 21 heavy (non-hydrogen) atoms. The first-order valence-electron chi connectivity index (χ1n) is 6.14. The highest BCUT2D eigenvalue weighted by molar-refractivity contribution is 7.10. The Labute approximate surface area is 125 Å². The van der Waals surface area contributed by atoms with E-state index < -0.39 is 11.7 Å². The minimum absolute atomic E-state index is 0.0301. The number of benzene rings is 1. The maximum absolute atomic E-state index is 12.9. The van der Waals surface area contributed by atoms with Crippen LogP contribution >= 0.6 is 11.3 Å². The topological polar surface area (TPSA) is 75.3 Å². The van der Waals surface area contributed by atoms with Gasteiger partial charge in [0.2, 0.25) is 0 Å². The molecule has 0 aliphatic rings. The number of aromatic hydroxyl groups is 1. The molecule has 1 amide bonds. The van der Waals surface area contributed by atoms with E-state index in [1.165, 1.54) is 17.4 Å². The van der Waals surface area contributed by atoms with Crippen LogP contribution in [-0.2, 0) is 6.54 Å². The second kappa shape index (κ2) is 6.88. The van der Waals surface area contributed by atoms with Gasteiger partial charge in [-0.2, -0.15) is 0 Å². The lowest BCUT2D eigenvalue weighted by atomic mass is 10.2. The van der Waals surface area contributed by atoms with Crippen molar-refractivity contribution in [1.82, 2.24) is 5.32 Å². The monoisotopic (exact) mass is 304 g/mol. The van der Waals surface area contributed by atoms with Gasteiger partial charge in [0.15, 0.2) is 0 Å². The van der Waals surface area contributed by atoms with E-state index >= 15 is 0 Å². The number of nitrogens with one attached hydrogen (secondary N) is 1. The lowest BCUT2D eigenvalue weighted by Crippen LogP contribution is -2.22. The van der Waals surface area contributed by atoms with Gasteiger partial charge in [0.1, 0.15) is 11.6 Å². The minimum Gasteiger partial charge on any atom is -0.507 e. The van der Waals surface area contributed by atoms with Gasteiger partial charge in [-0.05, 0) is 23.6 Å². The van der Waals surface area contributed by atoms with Crippen LogP contribution in [0.15, 0.2) is 29.6 Å². The Morgan fingerprint density at radius 1 is 1.43 bits per heavy atom. The number of carbonyl (C=O) groups is 1. The number of thiophene rings is 1. The van der Waals surface area contributed by atoms with Crippen LogP contribution in [0.2, 0.25) is 0 Å². The fraction of sp³-hybridized carbons (Fsp3) is 0.133. The first-order chi connectivity index (χ1) is 10.1. The second-order valence-electron chi connectivity index (χ2n) is 4.11. The molecule has 4 N–H and O–H groups in total. The summed E-state index contributed by atoms with van der Waals surface area (Å²) in [5.74, 6) is 4.22. The van der Waals surface area contributed by atoms with Crippen molar-refractivity contribution in [2.24, 2.45) is 5.73 Å². The number of rotatable bonds is 3. The highest BCUT2D eigenvalue weighted by Gasteiger charge is 2.12. The summed E-state index contributed by atoms with van der Waals surface area (Å²) in [6.07, 6.45) is 0. The van der Waals surface area contributed by atoms with Crippen LogP contribution in [0.5, 0.6) is 5.75 Å². The van der Waals surface area contributed by atoms with Crippen LogP contribution in [0.4, 0.5) is 4.39 Å². The van der Waals surface area contributed by atoms with E-state index in [9.17, 15) is 14.3 Å². The van der Waals surface area contributed by atoms with Gasteiger partial charge in [-0.25, -0.2) is 4.39 Å². The summed E-state index contributed by atoms with van der Waals surface area (Å²) < 4.78 is 12.9. The van der Waals surface area contributed by atoms with E-state index in [2.05, 4.69) is 17.2 Å². The van der Waals surface area contributed by atoms with E-state index in [4.69, 9.17) is 5.73 Å². The number of carbonyl (C=O) groups excluding carboxylic acids is 1. The Hall–Kier alpha value is -2.36. The van der Waals surface area contributed by atoms with Crippen LogP contribution in [0.25, 0.3) is 0 Å². The molecule has 6 heteroatoms. The Kier molecular flexibility index (Phi) is 4.93. The molecule has 0 saturated heterocycles. The van der Waals surface area contributed by atoms with E-state index in [1.807, 2.05) is 11.4 Å². The van der Waals surface area contributed by atoms with E-state index in [0.717, 1.165) is 22.6 Å². The molecule has 0 radical (unpaired) electrons. The van der Waals surface area contributed by atoms with Crippen molar-refractivity contribution in [3.8, 4) is 17.6 Å². The molecule has 0 saturated carbocycles. The molecule has 0 unspecified atom stereocenters. The van der Waals surface area contributed by atoms with Gasteiger partial charge in [-0.15, -0.1) is 11.3 Å². The maximum Gasteiger partial charge on any atom is 0.255 e. The molecule has 0 bridgehead atoms. The lowest BCUT2D eigenvalue weighted by Gasteiger charge is -2.06. The number of halogens is 1. The van der Waals surface area contributed by atoms with Crippen molar-refractivity contribution in [3.63, 3.8) is 0 Å². The summed E-state index contributed by atoms with van der Waals surface area (Å²) in [7, 11) is 0. The summed E-state index contributed by atoms with van der Waals surface area (Å²) >= 11 is 1.46. The molecular weight excluding hydrogens is 291 g/mol. The highest BCUT2D eigenvalue weighted by atomic mass is 32.1. The van der Waals surface area contributed by atoms with Gasteiger partial charge in [0.05, 0.1) is 18.7 Å². The molecule has 0 fully saturated rings. The van der Waals surface area contributed by atoms with Gasteiger partial charge < -0.3 is 16.2 Å². The number of hydrogen-bond donors (Lipinski definition) is 3. The smallest absolute Gasteiger partial charge is 0.255 e. The third-order valence-electron chi connectivity index (χ3n) is 2.68. The maximum atomic E-state index is 12.9. The Morgan fingerprint density at radius 2 is 2.24 bits per heavy atom. The molecule has 1 aromatic heterocycles. The van der Waals surface area contributed by atoms with Crippen LogP contribution in [-0.4, -0.2) is 17.6 Å². The summed E-state index contributed by atoms with van der Waals surface area (Å²) in [5, 5.41) is 14.1. The predicted octanol–water partition coefficient (Wildman–Crippen LogP) is 1.83. The Balaban J connectivity index is 2.06. The van der Waals surface area contributed by atoms with Crippen molar-refractivity contribution in [1.29, 1.82) is 0 Å². The van der Waals surface area contributed by atoms with Gasteiger partial charge in [0.25, 0.3) is 5.91 Å². The van der Waals surface area contributed by atoms with E-state index in [0.29, 0.717) is 0 Å². The van der Waals surface area contributed by atoms with Gasteiger partial charge in [0, 0.05) is 16.5 Å². The second-order valence-corrected chi connectivity index (χ2v) is 5.11. The fourth-order valence-corrected chi connectivity index (χ4v) is 2.46. The first kappa shape index (κ1) is 15.0. The summed E-state index contributed by atoms with van der Waals surface area (Å²) in [6, 6.07) is 5.11. The molecule has 0 aliphatic carbocycles. The number of phenols is 1. The van der Waals surface area contributed by atoms with Crippen molar-refractivity contribution in [2.75, 3.05) is 6.54 Å². The van der Waals surface area contributed by atoms with Crippen molar-refractivity contribution >= 4 is 17.2 Å². The molecule has 108 valence electrons. The van der Waals surface area contributed by atoms with Gasteiger partial charge >= 0.3 is 0 Å². The highest BCUT2D eigenvalue weighted by Crippen LogP contribution is 2.19. The molecule has 1 aromatic carbocycles. The average Bonchev–Trinajstić information content (AvgIpc) is 2.90. The number of hydrogen-bond acceptors (Lipinski definition) is 4. The standard InChI is InChI=1S/C15H13FN2O2S/c16-11-3-4-12(13(19)8-11)15(20)18-9-14-10(2-1-6-17)5-7-21-14/h3-5,7-8,19H,6,9,17H2,(H,18,20). The van der Waals surface area contributed by atoms with Crippen LogP contribution in [0, 0.1) is 17.7 Å². The van der Waals surface area contributed by atoms with Gasteiger partial charge in [-0.3, -0.25) is 4.79 Å². The first-order valence-corrected chi connectivity index (χ1v) is 7.02. The van der Waals surface area contributed by atoms with E-state index in [1.54, 1.807) is 0 Å². The molecule has 0 aliphatic heterocycles. The Morgan fingerprint density at radius 3 is 2.95 bits per heavy atom. The third-order valence-corrected chi connectivity index (χ3v) is 3.61. The molecule has 2 rings (SSSR count). The minimum atomic E-state index is -0.596. The van der Waals surface area contributed by atoms with Crippen molar-refractivity contribution in [2.45, 2.75) is 6.54 Å². The van der Waals surface area contributed by atoms with Crippen LogP contribution < -0.4 is 11.1 Å². The zero-order chi connectivity index (χ0) is 15.2. The van der Waals surface area contributed by atoms with Crippen LogP contribution in [0.3, 0.4) is 0 Å². The molecule has 1 heterocycles. The fourth-order valence-electron chi connectivity index (χ4n) is 1.69. The summed E-state index contributed by atoms with van der Waals surface area (Å²) in [6.45, 7) is 0.549. The van der Waals surface area contributed by atoms with E-state index in [-0.39, 0.29) is 24.4 Å². The largest absolute Gasteiger partial charge is 0.507 e. The zero-order valence-corrected chi connectivity index (χ0v) is 11.8. The normalized spacial score (nSPS) is 9.81. The number of amides is 1. The quantitative estimate of drug-likeness (QED) is 0.757. The van der Waals surface area contributed by atoms with Crippen LogP contribution in [0.1, 0.15) is 20.8 Å². The lowest BCUT2D eigenvalue weighted by molar-refractivity contribution is 0.0948.